The summed E-state index contributed by atoms with van der Waals surface area (Å²) in [5, 5.41) is 8.86. The van der Waals surface area contributed by atoms with Crippen LogP contribution >= 0.6 is 11.3 Å². The zero-order valence-electron chi connectivity index (χ0n) is 18.5. The molecule has 0 spiro atoms. The maximum absolute atomic E-state index is 12.2. The highest BCUT2D eigenvalue weighted by molar-refractivity contribution is 7.07. The van der Waals surface area contributed by atoms with Gasteiger partial charge in [0.15, 0.2) is 5.76 Å². The first-order valence-electron chi connectivity index (χ1n) is 10.8. The molecule has 0 saturated heterocycles. The second-order valence-corrected chi connectivity index (χ2v) is 10.1. The first-order chi connectivity index (χ1) is 14.8. The summed E-state index contributed by atoms with van der Waals surface area (Å²) in [5.41, 5.74) is 4.90. The van der Waals surface area contributed by atoms with Gasteiger partial charge in [0.25, 0.3) is 5.91 Å². The number of aromatic nitrogens is 4. The van der Waals surface area contributed by atoms with Crippen molar-refractivity contribution < 1.29 is 9.32 Å². The molecule has 1 saturated carbocycles. The van der Waals surface area contributed by atoms with E-state index in [9.17, 15) is 4.79 Å². The normalized spacial score (nSPS) is 19.4. The predicted molar refractivity (Wildman–Crippen MR) is 120 cm³/mol. The molecular weight excluding hydrogens is 410 g/mol. The lowest BCUT2D eigenvalue weighted by molar-refractivity contribution is 0.0938. The molecular formula is C23H29N5O2S. The third-order valence-electron chi connectivity index (χ3n) is 5.83. The van der Waals surface area contributed by atoms with Gasteiger partial charge in [-0.3, -0.25) is 4.79 Å². The first kappa shape index (κ1) is 21.6. The number of amides is 1. The van der Waals surface area contributed by atoms with Crippen molar-refractivity contribution in [2.45, 2.75) is 64.7 Å². The fraction of sp³-hybridized carbons (Fsp3) is 0.522. The van der Waals surface area contributed by atoms with Crippen LogP contribution in [-0.2, 0) is 5.41 Å². The smallest absolute Gasteiger partial charge is 0.270 e. The van der Waals surface area contributed by atoms with E-state index in [0.29, 0.717) is 24.1 Å². The summed E-state index contributed by atoms with van der Waals surface area (Å²) in [5.74, 6) is 2.30. The van der Waals surface area contributed by atoms with E-state index < -0.39 is 0 Å². The summed E-state index contributed by atoms with van der Waals surface area (Å²) in [6, 6.07) is 1.94. The fourth-order valence-electron chi connectivity index (χ4n) is 4.04. The van der Waals surface area contributed by atoms with Gasteiger partial charge in [0, 0.05) is 35.5 Å². The van der Waals surface area contributed by atoms with Crippen molar-refractivity contribution in [3.8, 4) is 11.3 Å². The van der Waals surface area contributed by atoms with Gasteiger partial charge in [0.05, 0.1) is 22.5 Å². The molecule has 7 nitrogen and oxygen atoms in total. The second-order valence-electron chi connectivity index (χ2n) is 9.38. The lowest BCUT2D eigenvalue weighted by atomic mass is 9.79. The minimum atomic E-state index is -0.123. The highest BCUT2D eigenvalue weighted by atomic mass is 32.1. The molecule has 0 bridgehead atoms. The maximum atomic E-state index is 12.2. The lowest BCUT2D eigenvalue weighted by Crippen LogP contribution is -2.31. The highest BCUT2D eigenvalue weighted by Crippen LogP contribution is 2.39. The fourth-order valence-corrected chi connectivity index (χ4v) is 4.57. The van der Waals surface area contributed by atoms with Crippen LogP contribution in [0, 0.1) is 12.8 Å². The maximum Gasteiger partial charge on any atom is 0.270 e. The van der Waals surface area contributed by atoms with Gasteiger partial charge in [-0.05, 0) is 38.5 Å². The van der Waals surface area contributed by atoms with Crippen LogP contribution in [0.15, 0.2) is 27.7 Å². The van der Waals surface area contributed by atoms with Crippen LogP contribution < -0.4 is 5.32 Å². The minimum Gasteiger partial charge on any atom is -0.356 e. The van der Waals surface area contributed by atoms with Gasteiger partial charge in [-0.15, -0.1) is 11.3 Å². The number of carbonyl (C=O) groups excluding carboxylic acids is 1. The Balaban J connectivity index is 1.47. The van der Waals surface area contributed by atoms with E-state index in [4.69, 9.17) is 9.51 Å². The van der Waals surface area contributed by atoms with Crippen LogP contribution in [0.1, 0.15) is 80.1 Å². The molecule has 3 heterocycles. The number of hydrogen-bond donors (Lipinski definition) is 1. The minimum absolute atomic E-state index is 0.0861. The summed E-state index contributed by atoms with van der Waals surface area (Å²) >= 11 is 1.43. The summed E-state index contributed by atoms with van der Waals surface area (Å²) in [6.07, 6.45) is 6.04. The molecule has 1 amide bonds. The van der Waals surface area contributed by atoms with Crippen molar-refractivity contribution in [3.05, 3.63) is 46.1 Å². The molecule has 1 N–H and O–H groups in total. The van der Waals surface area contributed by atoms with Crippen molar-refractivity contribution in [2.75, 3.05) is 6.54 Å². The van der Waals surface area contributed by atoms with E-state index in [-0.39, 0.29) is 11.3 Å². The standard InChI is InChI=1S/C23H29N5O2S/c1-14-9-19(30-28-14)17-11-25-22(23(2,3)4)27-20(17)16-7-5-15(6-8-16)10-24-21(29)18-12-31-13-26-18/h9,11-13,15-16H,5-8,10H2,1-4H3,(H,24,29). The number of thiazole rings is 1. The highest BCUT2D eigenvalue weighted by Gasteiger charge is 2.29. The quantitative estimate of drug-likeness (QED) is 0.608. The molecule has 4 rings (SSSR count). The first-order valence-corrected chi connectivity index (χ1v) is 11.7. The average molecular weight is 440 g/mol. The van der Waals surface area contributed by atoms with E-state index in [2.05, 4.69) is 41.2 Å². The average Bonchev–Trinajstić information content (AvgIpc) is 3.43. The zero-order valence-corrected chi connectivity index (χ0v) is 19.3. The molecule has 3 aromatic heterocycles. The second kappa shape index (κ2) is 8.86. The van der Waals surface area contributed by atoms with Crippen LogP contribution in [0.2, 0.25) is 0 Å². The number of aryl methyl sites for hydroxylation is 1. The van der Waals surface area contributed by atoms with Crippen LogP contribution in [0.3, 0.4) is 0 Å². The van der Waals surface area contributed by atoms with Gasteiger partial charge in [-0.1, -0.05) is 25.9 Å². The zero-order chi connectivity index (χ0) is 22.0. The third-order valence-corrected chi connectivity index (χ3v) is 6.42. The van der Waals surface area contributed by atoms with E-state index in [1.54, 1.807) is 10.9 Å². The predicted octanol–water partition coefficient (Wildman–Crippen LogP) is 4.90. The summed E-state index contributed by atoms with van der Waals surface area (Å²) in [6.45, 7) is 9.00. The largest absolute Gasteiger partial charge is 0.356 e. The number of hydrogen-bond acceptors (Lipinski definition) is 7. The van der Waals surface area contributed by atoms with Gasteiger partial charge in [0.1, 0.15) is 11.5 Å². The molecule has 0 unspecified atom stereocenters. The Kier molecular flexibility index (Phi) is 6.18. The number of nitrogens with zero attached hydrogens (tertiary/aromatic N) is 4. The lowest BCUT2D eigenvalue weighted by Gasteiger charge is -2.30. The SMILES string of the molecule is Cc1cc(-c2cnc(C(C)(C)C)nc2C2CCC(CNC(=O)c3cscn3)CC2)on1. The van der Waals surface area contributed by atoms with Crippen LogP contribution in [0.5, 0.6) is 0 Å². The van der Waals surface area contributed by atoms with Crippen LogP contribution in [-0.4, -0.2) is 32.6 Å². The molecule has 1 aliphatic rings. The number of carbonyl (C=O) groups is 1. The van der Waals surface area contributed by atoms with Gasteiger partial charge in [-0.25, -0.2) is 15.0 Å². The monoisotopic (exact) mass is 439 g/mol. The molecule has 0 aliphatic heterocycles. The topological polar surface area (TPSA) is 93.8 Å². The van der Waals surface area contributed by atoms with Crippen molar-refractivity contribution in [1.82, 2.24) is 25.4 Å². The van der Waals surface area contributed by atoms with Crippen molar-refractivity contribution in [2.24, 2.45) is 5.92 Å². The van der Waals surface area contributed by atoms with E-state index in [1.807, 2.05) is 19.2 Å². The Hall–Kier alpha value is -2.61. The van der Waals surface area contributed by atoms with Crippen molar-refractivity contribution in [1.29, 1.82) is 0 Å². The Morgan fingerprint density at radius 3 is 2.61 bits per heavy atom. The van der Waals surface area contributed by atoms with E-state index in [1.165, 1.54) is 11.3 Å². The third kappa shape index (κ3) is 5.01. The Labute approximate surface area is 186 Å². The molecule has 8 heteroatoms. The molecule has 1 fully saturated rings. The Bertz CT molecular complexity index is 1030. The van der Waals surface area contributed by atoms with Gasteiger partial charge >= 0.3 is 0 Å². The molecule has 1 aliphatic carbocycles. The molecule has 3 aromatic rings. The van der Waals surface area contributed by atoms with Gasteiger partial charge < -0.3 is 9.84 Å². The molecule has 0 radical (unpaired) electrons. The molecule has 164 valence electrons. The summed E-state index contributed by atoms with van der Waals surface area (Å²) < 4.78 is 5.55. The summed E-state index contributed by atoms with van der Waals surface area (Å²) in [4.78, 5) is 25.9. The molecule has 31 heavy (non-hydrogen) atoms. The van der Waals surface area contributed by atoms with Crippen molar-refractivity contribution in [3.63, 3.8) is 0 Å². The number of rotatable bonds is 5. The number of nitrogens with one attached hydrogen (secondary N) is 1. The summed E-state index contributed by atoms with van der Waals surface area (Å²) in [7, 11) is 0. The molecule has 0 atom stereocenters. The van der Waals surface area contributed by atoms with Gasteiger partial charge in [-0.2, -0.15) is 0 Å². The Morgan fingerprint density at radius 2 is 2.00 bits per heavy atom. The van der Waals surface area contributed by atoms with E-state index in [0.717, 1.165) is 54.2 Å². The van der Waals surface area contributed by atoms with Crippen LogP contribution in [0.25, 0.3) is 11.3 Å². The van der Waals surface area contributed by atoms with Crippen molar-refractivity contribution >= 4 is 17.2 Å². The van der Waals surface area contributed by atoms with Gasteiger partial charge in [0.2, 0.25) is 0 Å². The Morgan fingerprint density at radius 1 is 1.23 bits per heavy atom. The van der Waals surface area contributed by atoms with E-state index >= 15 is 0 Å². The molecule has 0 aromatic carbocycles. The van der Waals surface area contributed by atoms with Crippen LogP contribution in [0.4, 0.5) is 0 Å².